The van der Waals surface area contributed by atoms with Crippen LogP contribution in [0.5, 0.6) is 0 Å². The van der Waals surface area contributed by atoms with E-state index in [2.05, 4.69) is 15.2 Å². The first kappa shape index (κ1) is 17.6. The predicted molar refractivity (Wildman–Crippen MR) is 97.4 cm³/mol. The number of pyridine rings is 1. The second-order valence-corrected chi connectivity index (χ2v) is 6.78. The Morgan fingerprint density at radius 3 is 2.68 bits per heavy atom. The molecule has 0 saturated carbocycles. The first-order chi connectivity index (χ1) is 12.2. The number of nitrogens with one attached hydrogen (secondary N) is 1. The first-order valence-corrected chi connectivity index (χ1v) is 9.37. The van der Waals surface area contributed by atoms with Crippen molar-refractivity contribution in [3.05, 3.63) is 52.5 Å². The zero-order valence-electron chi connectivity index (χ0n) is 14.1. The van der Waals surface area contributed by atoms with Crippen LogP contribution in [-0.4, -0.2) is 59.3 Å². The van der Waals surface area contributed by atoms with Crippen LogP contribution in [0, 0.1) is 0 Å². The molecule has 132 valence electrons. The SMILES string of the molecule is O=C(NCCC(=O)N1CCN(Cc2ccccn2)CC1)c1ccsc1. The van der Waals surface area contributed by atoms with Gasteiger partial charge in [-0.05, 0) is 23.6 Å². The molecular formula is C18H22N4O2S. The molecule has 0 unspecified atom stereocenters. The van der Waals surface area contributed by atoms with Gasteiger partial charge in [-0.3, -0.25) is 19.5 Å². The van der Waals surface area contributed by atoms with Crippen molar-refractivity contribution in [1.82, 2.24) is 20.1 Å². The molecule has 0 bridgehead atoms. The minimum atomic E-state index is -0.116. The molecule has 2 amide bonds. The fourth-order valence-electron chi connectivity index (χ4n) is 2.81. The van der Waals surface area contributed by atoms with Crippen LogP contribution < -0.4 is 5.32 Å². The third-order valence-electron chi connectivity index (χ3n) is 4.24. The molecule has 3 rings (SSSR count). The fourth-order valence-corrected chi connectivity index (χ4v) is 3.45. The van der Waals surface area contributed by atoms with Crippen LogP contribution in [0.3, 0.4) is 0 Å². The van der Waals surface area contributed by atoms with E-state index in [1.807, 2.05) is 28.5 Å². The highest BCUT2D eigenvalue weighted by molar-refractivity contribution is 7.08. The molecule has 25 heavy (non-hydrogen) atoms. The molecule has 0 atom stereocenters. The summed E-state index contributed by atoms with van der Waals surface area (Å²) in [7, 11) is 0. The van der Waals surface area contributed by atoms with E-state index in [1.165, 1.54) is 11.3 Å². The van der Waals surface area contributed by atoms with Crippen molar-refractivity contribution in [3.8, 4) is 0 Å². The topological polar surface area (TPSA) is 65.5 Å². The van der Waals surface area contributed by atoms with Gasteiger partial charge in [-0.2, -0.15) is 11.3 Å². The van der Waals surface area contributed by atoms with Gasteiger partial charge in [0.1, 0.15) is 0 Å². The second kappa shape index (κ2) is 8.73. The number of hydrogen-bond acceptors (Lipinski definition) is 5. The summed E-state index contributed by atoms with van der Waals surface area (Å²) in [5.41, 5.74) is 1.71. The minimum Gasteiger partial charge on any atom is -0.351 e. The average Bonchev–Trinajstić information content (AvgIpc) is 3.18. The van der Waals surface area contributed by atoms with E-state index in [4.69, 9.17) is 0 Å². The van der Waals surface area contributed by atoms with Gasteiger partial charge in [0.25, 0.3) is 5.91 Å². The zero-order valence-corrected chi connectivity index (χ0v) is 14.9. The summed E-state index contributed by atoms with van der Waals surface area (Å²) in [6, 6.07) is 7.71. The van der Waals surface area contributed by atoms with Gasteiger partial charge < -0.3 is 10.2 Å². The van der Waals surface area contributed by atoms with Crippen molar-refractivity contribution in [2.75, 3.05) is 32.7 Å². The highest BCUT2D eigenvalue weighted by Gasteiger charge is 2.21. The lowest BCUT2D eigenvalue weighted by Gasteiger charge is -2.34. The molecule has 0 radical (unpaired) electrons. The van der Waals surface area contributed by atoms with Crippen LogP contribution in [0.4, 0.5) is 0 Å². The molecule has 0 spiro atoms. The van der Waals surface area contributed by atoms with Crippen molar-refractivity contribution in [3.63, 3.8) is 0 Å². The largest absolute Gasteiger partial charge is 0.351 e. The first-order valence-electron chi connectivity index (χ1n) is 8.43. The zero-order chi connectivity index (χ0) is 17.5. The third-order valence-corrected chi connectivity index (χ3v) is 4.93. The molecular weight excluding hydrogens is 336 g/mol. The Kier molecular flexibility index (Phi) is 6.14. The molecule has 2 aromatic rings. The third kappa shape index (κ3) is 5.11. The van der Waals surface area contributed by atoms with Crippen molar-refractivity contribution >= 4 is 23.2 Å². The molecule has 1 N–H and O–H groups in total. The number of piperazine rings is 1. The van der Waals surface area contributed by atoms with Crippen molar-refractivity contribution in [2.45, 2.75) is 13.0 Å². The molecule has 2 aromatic heterocycles. The lowest BCUT2D eigenvalue weighted by Crippen LogP contribution is -2.48. The lowest BCUT2D eigenvalue weighted by molar-refractivity contribution is -0.132. The van der Waals surface area contributed by atoms with E-state index >= 15 is 0 Å². The van der Waals surface area contributed by atoms with Gasteiger partial charge in [0, 0.05) is 62.8 Å². The maximum atomic E-state index is 12.3. The number of nitrogens with zero attached hydrogens (tertiary/aromatic N) is 3. The molecule has 1 aliphatic rings. The fraction of sp³-hybridized carbons (Fsp3) is 0.389. The predicted octanol–water partition coefficient (Wildman–Crippen LogP) is 1.61. The van der Waals surface area contributed by atoms with Crippen molar-refractivity contribution in [1.29, 1.82) is 0 Å². The Bertz CT molecular complexity index is 682. The molecule has 0 aliphatic carbocycles. The van der Waals surface area contributed by atoms with E-state index < -0.39 is 0 Å². The van der Waals surface area contributed by atoms with E-state index in [-0.39, 0.29) is 11.8 Å². The Labute approximate surface area is 151 Å². The maximum Gasteiger partial charge on any atom is 0.252 e. The van der Waals surface area contributed by atoms with E-state index in [1.54, 1.807) is 17.6 Å². The summed E-state index contributed by atoms with van der Waals surface area (Å²) < 4.78 is 0. The van der Waals surface area contributed by atoms with Crippen LogP contribution in [0.1, 0.15) is 22.5 Å². The molecule has 0 aromatic carbocycles. The Morgan fingerprint density at radius 1 is 1.16 bits per heavy atom. The average molecular weight is 358 g/mol. The van der Waals surface area contributed by atoms with Gasteiger partial charge >= 0.3 is 0 Å². The molecule has 3 heterocycles. The van der Waals surface area contributed by atoms with Crippen molar-refractivity contribution in [2.24, 2.45) is 0 Å². The van der Waals surface area contributed by atoms with Crippen LogP contribution in [0.2, 0.25) is 0 Å². The number of thiophene rings is 1. The maximum absolute atomic E-state index is 12.3. The van der Waals surface area contributed by atoms with Gasteiger partial charge in [0.2, 0.25) is 5.91 Å². The quantitative estimate of drug-likeness (QED) is 0.852. The smallest absolute Gasteiger partial charge is 0.252 e. The standard InChI is InChI=1S/C18H22N4O2S/c23-17(4-7-20-18(24)15-5-12-25-14-15)22-10-8-21(9-11-22)13-16-3-1-2-6-19-16/h1-3,5-6,12,14H,4,7-11,13H2,(H,20,24). The Morgan fingerprint density at radius 2 is 2.00 bits per heavy atom. The highest BCUT2D eigenvalue weighted by Crippen LogP contribution is 2.08. The van der Waals surface area contributed by atoms with Crippen LogP contribution in [0.15, 0.2) is 41.2 Å². The summed E-state index contributed by atoms with van der Waals surface area (Å²) in [5.74, 6) is -0.0164. The molecule has 1 saturated heterocycles. The molecule has 6 nitrogen and oxygen atoms in total. The molecule has 7 heteroatoms. The number of amides is 2. The number of aromatic nitrogens is 1. The molecule has 1 aliphatic heterocycles. The molecule has 1 fully saturated rings. The summed E-state index contributed by atoms with van der Waals surface area (Å²) in [4.78, 5) is 32.6. The summed E-state index contributed by atoms with van der Waals surface area (Å²) >= 11 is 1.49. The van der Waals surface area contributed by atoms with Gasteiger partial charge in [-0.15, -0.1) is 0 Å². The second-order valence-electron chi connectivity index (χ2n) is 6.00. The van der Waals surface area contributed by atoms with Gasteiger partial charge in [0.15, 0.2) is 0 Å². The normalized spacial score (nSPS) is 15.1. The number of carbonyl (C=O) groups excluding carboxylic acids is 2. The monoisotopic (exact) mass is 358 g/mol. The number of rotatable bonds is 6. The number of carbonyl (C=O) groups is 2. The van der Waals surface area contributed by atoms with Crippen LogP contribution in [0.25, 0.3) is 0 Å². The van der Waals surface area contributed by atoms with Crippen LogP contribution >= 0.6 is 11.3 Å². The van der Waals surface area contributed by atoms with Gasteiger partial charge in [-0.25, -0.2) is 0 Å². The Hall–Kier alpha value is -2.25. The van der Waals surface area contributed by atoms with Gasteiger partial charge in [-0.1, -0.05) is 6.07 Å². The van der Waals surface area contributed by atoms with E-state index in [0.29, 0.717) is 18.5 Å². The number of hydrogen-bond donors (Lipinski definition) is 1. The van der Waals surface area contributed by atoms with Crippen LogP contribution in [-0.2, 0) is 11.3 Å². The van der Waals surface area contributed by atoms with Crippen molar-refractivity contribution < 1.29 is 9.59 Å². The minimum absolute atomic E-state index is 0.100. The summed E-state index contributed by atoms with van der Waals surface area (Å²) in [6.45, 7) is 4.35. The summed E-state index contributed by atoms with van der Waals surface area (Å²) in [5, 5.41) is 6.47. The van der Waals surface area contributed by atoms with E-state index in [9.17, 15) is 9.59 Å². The van der Waals surface area contributed by atoms with E-state index in [0.717, 1.165) is 38.4 Å². The highest BCUT2D eigenvalue weighted by atomic mass is 32.1. The summed E-state index contributed by atoms with van der Waals surface area (Å²) in [6.07, 6.45) is 2.15. The lowest BCUT2D eigenvalue weighted by atomic mass is 10.2. The van der Waals surface area contributed by atoms with Gasteiger partial charge in [0.05, 0.1) is 5.69 Å². The Balaban J connectivity index is 1.36.